The van der Waals surface area contributed by atoms with Gasteiger partial charge >= 0.3 is 0 Å². The molecule has 5 heteroatoms. The molecule has 0 unspecified atom stereocenters. The third kappa shape index (κ3) is 3.17. The lowest BCUT2D eigenvalue weighted by Gasteiger charge is -2.12. The van der Waals surface area contributed by atoms with Gasteiger partial charge in [-0.3, -0.25) is 4.79 Å². The molecule has 0 radical (unpaired) electrons. The van der Waals surface area contributed by atoms with Crippen LogP contribution < -0.4 is 16.8 Å². The Balaban J connectivity index is 2.19. The van der Waals surface area contributed by atoms with E-state index in [1.165, 1.54) is 0 Å². The Morgan fingerprint density at radius 1 is 1.16 bits per heavy atom. The first-order valence-corrected chi connectivity index (χ1v) is 6.12. The van der Waals surface area contributed by atoms with E-state index >= 15 is 0 Å². The number of nitrogens with two attached hydrogens (primary N) is 2. The van der Waals surface area contributed by atoms with Gasteiger partial charge in [-0.25, -0.2) is 0 Å². The van der Waals surface area contributed by atoms with Crippen LogP contribution in [-0.2, 0) is 6.54 Å². The standard InChI is InChI=1S/C14H14ClN3O/c15-10-6-4-9(5-7-10)8-18-13-11(14(17)19)2-1-3-12(13)16/h1-7,18H,8,16H2,(H2,17,19). The highest BCUT2D eigenvalue weighted by Crippen LogP contribution is 2.24. The predicted molar refractivity (Wildman–Crippen MR) is 78.2 cm³/mol. The molecule has 5 N–H and O–H groups in total. The molecule has 0 aliphatic heterocycles. The third-order valence-electron chi connectivity index (χ3n) is 2.74. The van der Waals surface area contributed by atoms with Gasteiger partial charge in [0.1, 0.15) is 0 Å². The number of primary amides is 1. The SMILES string of the molecule is NC(=O)c1cccc(N)c1NCc1ccc(Cl)cc1. The Morgan fingerprint density at radius 3 is 2.47 bits per heavy atom. The van der Waals surface area contributed by atoms with Gasteiger partial charge in [0.2, 0.25) is 0 Å². The van der Waals surface area contributed by atoms with Crippen LogP contribution in [0.15, 0.2) is 42.5 Å². The van der Waals surface area contributed by atoms with E-state index in [-0.39, 0.29) is 0 Å². The Bertz CT molecular complexity index is 596. The molecule has 0 spiro atoms. The summed E-state index contributed by atoms with van der Waals surface area (Å²) in [5.74, 6) is -0.508. The van der Waals surface area contributed by atoms with Crippen molar-refractivity contribution in [1.82, 2.24) is 0 Å². The first-order chi connectivity index (χ1) is 9.08. The van der Waals surface area contributed by atoms with E-state index in [0.717, 1.165) is 5.56 Å². The number of para-hydroxylation sites is 1. The van der Waals surface area contributed by atoms with Crippen LogP contribution in [-0.4, -0.2) is 5.91 Å². The maximum atomic E-state index is 11.3. The van der Waals surface area contributed by atoms with Gasteiger partial charge in [-0.2, -0.15) is 0 Å². The van der Waals surface area contributed by atoms with Crippen LogP contribution in [0.3, 0.4) is 0 Å². The predicted octanol–water partition coefficient (Wildman–Crippen LogP) is 2.63. The summed E-state index contributed by atoms with van der Waals surface area (Å²) in [6.45, 7) is 0.533. The molecule has 2 rings (SSSR count). The van der Waals surface area contributed by atoms with Gasteiger partial charge in [0.05, 0.1) is 16.9 Å². The van der Waals surface area contributed by atoms with Crippen molar-refractivity contribution in [2.24, 2.45) is 5.73 Å². The van der Waals surface area contributed by atoms with Gasteiger partial charge in [0.15, 0.2) is 0 Å². The number of anilines is 2. The Labute approximate surface area is 116 Å². The Kier molecular flexibility index (Phi) is 3.92. The summed E-state index contributed by atoms with van der Waals surface area (Å²) in [7, 11) is 0. The summed E-state index contributed by atoms with van der Waals surface area (Å²) in [6.07, 6.45) is 0. The average Bonchev–Trinajstić information content (AvgIpc) is 2.39. The zero-order valence-electron chi connectivity index (χ0n) is 10.2. The minimum Gasteiger partial charge on any atom is -0.397 e. The van der Waals surface area contributed by atoms with Gasteiger partial charge in [-0.15, -0.1) is 0 Å². The Morgan fingerprint density at radius 2 is 1.84 bits per heavy atom. The van der Waals surface area contributed by atoms with Gasteiger partial charge in [-0.05, 0) is 29.8 Å². The van der Waals surface area contributed by atoms with Crippen LogP contribution in [0.4, 0.5) is 11.4 Å². The zero-order valence-corrected chi connectivity index (χ0v) is 10.9. The first-order valence-electron chi connectivity index (χ1n) is 5.74. The van der Waals surface area contributed by atoms with Gasteiger partial charge < -0.3 is 16.8 Å². The second-order valence-electron chi connectivity index (χ2n) is 4.11. The highest BCUT2D eigenvalue weighted by atomic mass is 35.5. The summed E-state index contributed by atoms with van der Waals surface area (Å²) in [4.78, 5) is 11.3. The summed E-state index contributed by atoms with van der Waals surface area (Å²) < 4.78 is 0. The molecule has 0 fully saturated rings. The largest absolute Gasteiger partial charge is 0.397 e. The molecule has 19 heavy (non-hydrogen) atoms. The van der Waals surface area contributed by atoms with E-state index < -0.39 is 5.91 Å². The van der Waals surface area contributed by atoms with Crippen LogP contribution in [0.5, 0.6) is 0 Å². The molecule has 0 heterocycles. The lowest BCUT2D eigenvalue weighted by Crippen LogP contribution is -2.15. The van der Waals surface area contributed by atoms with Crippen molar-refractivity contribution >= 4 is 28.9 Å². The van der Waals surface area contributed by atoms with Crippen molar-refractivity contribution in [1.29, 1.82) is 0 Å². The van der Waals surface area contributed by atoms with E-state index in [9.17, 15) is 4.79 Å². The number of carbonyl (C=O) groups excluding carboxylic acids is 1. The van der Waals surface area contributed by atoms with E-state index in [2.05, 4.69) is 5.32 Å². The average molecular weight is 276 g/mol. The molecule has 0 saturated heterocycles. The highest BCUT2D eigenvalue weighted by molar-refractivity contribution is 6.30. The number of amides is 1. The lowest BCUT2D eigenvalue weighted by atomic mass is 10.1. The van der Waals surface area contributed by atoms with Crippen molar-refractivity contribution in [2.75, 3.05) is 11.1 Å². The summed E-state index contributed by atoms with van der Waals surface area (Å²) >= 11 is 5.82. The normalized spacial score (nSPS) is 10.2. The maximum Gasteiger partial charge on any atom is 0.250 e. The number of rotatable bonds is 4. The molecule has 4 nitrogen and oxygen atoms in total. The molecule has 98 valence electrons. The minimum absolute atomic E-state index is 0.383. The Hall–Kier alpha value is -2.20. The number of hydrogen-bond acceptors (Lipinski definition) is 3. The first kappa shape index (κ1) is 13.2. The van der Waals surface area contributed by atoms with Gasteiger partial charge in [0.25, 0.3) is 5.91 Å². The van der Waals surface area contributed by atoms with E-state index in [1.807, 2.05) is 24.3 Å². The summed E-state index contributed by atoms with van der Waals surface area (Å²) in [5, 5.41) is 3.81. The smallest absolute Gasteiger partial charge is 0.250 e. The molecule has 0 aliphatic carbocycles. The maximum absolute atomic E-state index is 11.3. The molecule has 0 saturated carbocycles. The fraction of sp³-hybridized carbons (Fsp3) is 0.0714. The topological polar surface area (TPSA) is 81.1 Å². The van der Waals surface area contributed by atoms with Gasteiger partial charge in [0, 0.05) is 11.6 Å². The second-order valence-corrected chi connectivity index (χ2v) is 4.55. The number of nitrogens with one attached hydrogen (secondary N) is 1. The molecular weight excluding hydrogens is 262 g/mol. The molecule has 2 aromatic rings. The molecule has 2 aromatic carbocycles. The third-order valence-corrected chi connectivity index (χ3v) is 3.00. The monoisotopic (exact) mass is 275 g/mol. The lowest BCUT2D eigenvalue weighted by molar-refractivity contribution is 0.100. The van der Waals surface area contributed by atoms with Crippen LogP contribution in [0, 0.1) is 0 Å². The fourth-order valence-corrected chi connectivity index (χ4v) is 1.89. The molecule has 0 aromatic heterocycles. The van der Waals surface area contributed by atoms with Crippen LogP contribution >= 0.6 is 11.6 Å². The van der Waals surface area contributed by atoms with Crippen molar-refractivity contribution in [3.63, 3.8) is 0 Å². The number of benzene rings is 2. The van der Waals surface area contributed by atoms with E-state index in [1.54, 1.807) is 18.2 Å². The number of nitrogen functional groups attached to an aromatic ring is 1. The number of hydrogen-bond donors (Lipinski definition) is 3. The summed E-state index contributed by atoms with van der Waals surface area (Å²) in [6, 6.07) is 12.5. The summed E-state index contributed by atoms with van der Waals surface area (Å²) in [5.41, 5.74) is 13.6. The number of carbonyl (C=O) groups is 1. The molecule has 0 atom stereocenters. The van der Waals surface area contributed by atoms with Crippen molar-refractivity contribution in [2.45, 2.75) is 6.54 Å². The fourth-order valence-electron chi connectivity index (χ4n) is 1.77. The van der Waals surface area contributed by atoms with Crippen molar-refractivity contribution in [3.8, 4) is 0 Å². The van der Waals surface area contributed by atoms with Crippen molar-refractivity contribution < 1.29 is 4.79 Å². The molecular formula is C14H14ClN3O. The van der Waals surface area contributed by atoms with E-state index in [4.69, 9.17) is 23.1 Å². The number of halogens is 1. The van der Waals surface area contributed by atoms with Crippen LogP contribution in [0.25, 0.3) is 0 Å². The quantitative estimate of drug-likeness (QED) is 0.750. The van der Waals surface area contributed by atoms with E-state index in [0.29, 0.717) is 28.5 Å². The highest BCUT2D eigenvalue weighted by Gasteiger charge is 2.10. The van der Waals surface area contributed by atoms with Gasteiger partial charge in [-0.1, -0.05) is 29.8 Å². The molecule has 1 amide bonds. The molecule has 0 bridgehead atoms. The zero-order chi connectivity index (χ0) is 13.8. The molecule has 0 aliphatic rings. The van der Waals surface area contributed by atoms with Crippen LogP contribution in [0.2, 0.25) is 5.02 Å². The van der Waals surface area contributed by atoms with Crippen molar-refractivity contribution in [3.05, 3.63) is 58.6 Å². The van der Waals surface area contributed by atoms with Crippen LogP contribution in [0.1, 0.15) is 15.9 Å². The minimum atomic E-state index is -0.508. The second kappa shape index (κ2) is 5.63.